The van der Waals surface area contributed by atoms with Gasteiger partial charge < -0.3 is 10.4 Å². The molecule has 0 bridgehead atoms. The van der Waals surface area contributed by atoms with Crippen LogP contribution in [0.25, 0.3) is 0 Å². The van der Waals surface area contributed by atoms with Gasteiger partial charge in [0.1, 0.15) is 0 Å². The number of nitrogens with one attached hydrogen (secondary N) is 1. The molecule has 0 amide bonds. The minimum Gasteiger partial charge on any atom is -0.391 e. The molecule has 0 radical (unpaired) electrons. The van der Waals surface area contributed by atoms with Crippen molar-refractivity contribution in [2.45, 2.75) is 26.4 Å². The molecule has 1 rings (SSSR count). The molecule has 0 aliphatic heterocycles. The number of aliphatic hydroxyl groups excluding tert-OH is 1. The zero-order valence-electron chi connectivity index (χ0n) is 8.94. The molecule has 1 atom stereocenters. The molecule has 4 nitrogen and oxygen atoms in total. The van der Waals surface area contributed by atoms with Gasteiger partial charge in [0, 0.05) is 6.54 Å². The van der Waals surface area contributed by atoms with Gasteiger partial charge in [0.2, 0.25) is 5.95 Å². The maximum absolute atomic E-state index is 9.59. The average Bonchev–Trinajstić information content (AvgIpc) is 2.16. The minimum atomic E-state index is -0.371. The van der Waals surface area contributed by atoms with E-state index >= 15 is 0 Å². The smallest absolute Gasteiger partial charge is 0.222 e. The van der Waals surface area contributed by atoms with Gasteiger partial charge >= 0.3 is 0 Å². The summed E-state index contributed by atoms with van der Waals surface area (Å²) in [7, 11) is 0. The zero-order chi connectivity index (χ0) is 11.3. The maximum atomic E-state index is 9.59. The normalized spacial score (nSPS) is 12.9. The Hall–Kier alpha value is -0.870. The van der Waals surface area contributed by atoms with Gasteiger partial charge in [0.05, 0.1) is 23.5 Å². The van der Waals surface area contributed by atoms with E-state index in [0.29, 0.717) is 23.4 Å². The van der Waals surface area contributed by atoms with E-state index in [4.69, 9.17) is 11.6 Å². The molecule has 0 aromatic carbocycles. The van der Waals surface area contributed by atoms with E-state index in [1.807, 2.05) is 0 Å². The standard InChI is InChI=1S/C10H16ClN3O/c1-7(2)3-9(15)6-14-10-12-4-8(11)5-13-10/h4-5,7,9,15H,3,6H2,1-2H3,(H,12,13,14). The van der Waals surface area contributed by atoms with Gasteiger partial charge in [-0.3, -0.25) is 0 Å². The topological polar surface area (TPSA) is 58.0 Å². The summed E-state index contributed by atoms with van der Waals surface area (Å²) in [5.74, 6) is 0.968. The Morgan fingerprint density at radius 1 is 1.40 bits per heavy atom. The minimum absolute atomic E-state index is 0.371. The zero-order valence-corrected chi connectivity index (χ0v) is 9.70. The Kier molecular flexibility index (Phi) is 4.78. The first-order valence-electron chi connectivity index (χ1n) is 4.97. The van der Waals surface area contributed by atoms with Crippen molar-refractivity contribution in [3.63, 3.8) is 0 Å². The summed E-state index contributed by atoms with van der Waals surface area (Å²) < 4.78 is 0. The number of rotatable bonds is 5. The number of nitrogens with zero attached hydrogens (tertiary/aromatic N) is 2. The maximum Gasteiger partial charge on any atom is 0.222 e. The fourth-order valence-electron chi connectivity index (χ4n) is 1.24. The lowest BCUT2D eigenvalue weighted by Crippen LogP contribution is -2.22. The van der Waals surface area contributed by atoms with Crippen LogP contribution >= 0.6 is 11.6 Å². The highest BCUT2D eigenvalue weighted by Gasteiger charge is 2.07. The van der Waals surface area contributed by atoms with E-state index in [2.05, 4.69) is 29.1 Å². The van der Waals surface area contributed by atoms with Crippen molar-refractivity contribution in [2.24, 2.45) is 5.92 Å². The molecule has 1 heterocycles. The molecular weight excluding hydrogens is 214 g/mol. The second kappa shape index (κ2) is 5.88. The lowest BCUT2D eigenvalue weighted by atomic mass is 10.1. The number of halogens is 1. The molecule has 5 heteroatoms. The van der Waals surface area contributed by atoms with Gasteiger partial charge in [-0.2, -0.15) is 0 Å². The summed E-state index contributed by atoms with van der Waals surface area (Å²) in [6.45, 7) is 4.60. The van der Waals surface area contributed by atoms with Gasteiger partial charge in [0.15, 0.2) is 0 Å². The van der Waals surface area contributed by atoms with Gasteiger partial charge in [0.25, 0.3) is 0 Å². The van der Waals surface area contributed by atoms with E-state index in [1.165, 1.54) is 12.4 Å². The summed E-state index contributed by atoms with van der Waals surface area (Å²) in [6, 6.07) is 0. The van der Waals surface area contributed by atoms with E-state index in [-0.39, 0.29) is 6.10 Å². The predicted octanol–water partition coefficient (Wildman–Crippen LogP) is 1.95. The quantitative estimate of drug-likeness (QED) is 0.810. The molecule has 0 saturated carbocycles. The molecule has 0 fully saturated rings. The van der Waals surface area contributed by atoms with Crippen molar-refractivity contribution in [2.75, 3.05) is 11.9 Å². The number of hydrogen-bond acceptors (Lipinski definition) is 4. The second-order valence-electron chi connectivity index (χ2n) is 3.89. The van der Waals surface area contributed by atoms with Crippen LogP contribution in [0, 0.1) is 5.92 Å². The summed E-state index contributed by atoms with van der Waals surface area (Å²) in [4.78, 5) is 7.93. The van der Waals surface area contributed by atoms with Gasteiger partial charge in [-0.25, -0.2) is 9.97 Å². The van der Waals surface area contributed by atoms with Crippen molar-refractivity contribution < 1.29 is 5.11 Å². The first-order chi connectivity index (χ1) is 7.08. The molecule has 0 aliphatic carbocycles. The summed E-state index contributed by atoms with van der Waals surface area (Å²) in [5.41, 5.74) is 0. The Bertz CT molecular complexity index is 289. The average molecular weight is 230 g/mol. The van der Waals surface area contributed by atoms with Gasteiger partial charge in [-0.1, -0.05) is 25.4 Å². The Labute approximate surface area is 94.7 Å². The Morgan fingerprint density at radius 2 is 2.00 bits per heavy atom. The van der Waals surface area contributed by atoms with Crippen LogP contribution < -0.4 is 5.32 Å². The molecule has 1 aromatic rings. The predicted molar refractivity (Wildman–Crippen MR) is 61.0 cm³/mol. The van der Waals surface area contributed by atoms with Crippen LogP contribution in [-0.4, -0.2) is 27.7 Å². The summed E-state index contributed by atoms with van der Waals surface area (Å²) in [6.07, 6.45) is 3.43. The van der Waals surface area contributed by atoms with Crippen molar-refractivity contribution in [3.05, 3.63) is 17.4 Å². The van der Waals surface area contributed by atoms with Crippen molar-refractivity contribution in [3.8, 4) is 0 Å². The second-order valence-corrected chi connectivity index (χ2v) is 4.33. The van der Waals surface area contributed by atoms with E-state index in [9.17, 15) is 5.11 Å². The van der Waals surface area contributed by atoms with Crippen LogP contribution in [0.4, 0.5) is 5.95 Å². The molecule has 1 aromatic heterocycles. The molecule has 0 spiro atoms. The Balaban J connectivity index is 2.33. The van der Waals surface area contributed by atoms with Crippen LogP contribution in [0.1, 0.15) is 20.3 Å². The first kappa shape index (κ1) is 12.2. The highest BCUT2D eigenvalue weighted by Crippen LogP contribution is 2.07. The molecule has 2 N–H and O–H groups in total. The summed E-state index contributed by atoms with van der Waals surface area (Å²) in [5, 5.41) is 13.0. The number of aromatic nitrogens is 2. The fourth-order valence-corrected chi connectivity index (χ4v) is 1.34. The third kappa shape index (κ3) is 4.95. The third-order valence-corrected chi connectivity index (χ3v) is 2.05. The number of hydrogen-bond donors (Lipinski definition) is 2. The van der Waals surface area contributed by atoms with Crippen LogP contribution in [0.3, 0.4) is 0 Å². The van der Waals surface area contributed by atoms with Crippen LogP contribution in [-0.2, 0) is 0 Å². The monoisotopic (exact) mass is 229 g/mol. The molecule has 0 saturated heterocycles. The molecule has 0 aliphatic rings. The van der Waals surface area contributed by atoms with Gasteiger partial charge in [-0.15, -0.1) is 0 Å². The first-order valence-corrected chi connectivity index (χ1v) is 5.35. The largest absolute Gasteiger partial charge is 0.391 e. The Morgan fingerprint density at radius 3 is 2.53 bits per heavy atom. The highest BCUT2D eigenvalue weighted by atomic mass is 35.5. The number of aliphatic hydroxyl groups is 1. The molecular formula is C10H16ClN3O. The van der Waals surface area contributed by atoms with Crippen LogP contribution in [0.2, 0.25) is 5.02 Å². The summed E-state index contributed by atoms with van der Waals surface area (Å²) >= 11 is 5.64. The molecule has 15 heavy (non-hydrogen) atoms. The lowest BCUT2D eigenvalue weighted by Gasteiger charge is -2.13. The van der Waals surface area contributed by atoms with E-state index < -0.39 is 0 Å². The van der Waals surface area contributed by atoms with E-state index in [0.717, 1.165) is 6.42 Å². The molecule has 84 valence electrons. The van der Waals surface area contributed by atoms with Crippen molar-refractivity contribution in [1.29, 1.82) is 0 Å². The van der Waals surface area contributed by atoms with Crippen LogP contribution in [0.5, 0.6) is 0 Å². The van der Waals surface area contributed by atoms with Crippen molar-refractivity contribution in [1.82, 2.24) is 9.97 Å². The third-order valence-electron chi connectivity index (χ3n) is 1.86. The van der Waals surface area contributed by atoms with Gasteiger partial charge in [-0.05, 0) is 12.3 Å². The van der Waals surface area contributed by atoms with Crippen molar-refractivity contribution >= 4 is 17.5 Å². The van der Waals surface area contributed by atoms with Crippen LogP contribution in [0.15, 0.2) is 12.4 Å². The SMILES string of the molecule is CC(C)CC(O)CNc1ncc(Cl)cn1. The van der Waals surface area contributed by atoms with E-state index in [1.54, 1.807) is 0 Å². The highest BCUT2D eigenvalue weighted by molar-refractivity contribution is 6.30. The lowest BCUT2D eigenvalue weighted by molar-refractivity contribution is 0.161. The number of anilines is 1. The fraction of sp³-hybridized carbons (Fsp3) is 0.600. The molecule has 1 unspecified atom stereocenters.